The molecule has 2 nitrogen and oxygen atoms in total. The fraction of sp³-hybridized carbons (Fsp3) is 0.571. The molecule has 1 N–H and O–H groups in total. The van der Waals surface area contributed by atoms with Gasteiger partial charge >= 0.3 is 0 Å². The van der Waals surface area contributed by atoms with E-state index in [0.717, 1.165) is 55.6 Å². The van der Waals surface area contributed by atoms with Gasteiger partial charge in [-0.25, -0.2) is 4.39 Å². The van der Waals surface area contributed by atoms with E-state index in [4.69, 9.17) is 5.11 Å². The van der Waals surface area contributed by atoms with E-state index in [0.29, 0.717) is 0 Å². The fourth-order valence-electron chi connectivity index (χ4n) is 2.56. The summed E-state index contributed by atoms with van der Waals surface area (Å²) in [6, 6.07) is 3.71. The van der Waals surface area contributed by atoms with Crippen molar-refractivity contribution in [3.63, 3.8) is 0 Å². The zero-order valence-electron chi connectivity index (χ0n) is 10.4. The molecule has 1 aliphatic rings. The Morgan fingerprint density at radius 2 is 2.18 bits per heavy atom. The standard InChI is InChI=1S/C14H20FNO/c1-11-9-12-5-4-7-16(6-2-3-8-17)14(12)13(15)10-11/h9-10,17H,2-8H2,1H3. The van der Waals surface area contributed by atoms with E-state index in [2.05, 4.69) is 11.0 Å². The van der Waals surface area contributed by atoms with E-state index < -0.39 is 0 Å². The normalized spacial score (nSPS) is 14.9. The van der Waals surface area contributed by atoms with Crippen molar-refractivity contribution in [1.29, 1.82) is 0 Å². The van der Waals surface area contributed by atoms with Crippen molar-refractivity contribution in [1.82, 2.24) is 0 Å². The van der Waals surface area contributed by atoms with Crippen LogP contribution in [0.5, 0.6) is 0 Å². The summed E-state index contributed by atoms with van der Waals surface area (Å²) >= 11 is 0. The molecule has 1 heterocycles. The number of hydrogen-bond donors (Lipinski definition) is 1. The summed E-state index contributed by atoms with van der Waals surface area (Å²) in [5, 5.41) is 8.79. The van der Waals surface area contributed by atoms with Gasteiger partial charge in [-0.2, -0.15) is 0 Å². The molecule has 0 saturated heterocycles. The Bertz CT molecular complexity index is 392. The average Bonchev–Trinajstić information content (AvgIpc) is 2.28. The van der Waals surface area contributed by atoms with E-state index >= 15 is 0 Å². The van der Waals surface area contributed by atoms with Crippen LogP contribution in [-0.4, -0.2) is 24.8 Å². The minimum absolute atomic E-state index is 0.0938. The maximum Gasteiger partial charge on any atom is 0.147 e. The number of hydrogen-bond acceptors (Lipinski definition) is 2. The molecule has 3 heteroatoms. The average molecular weight is 237 g/mol. The van der Waals surface area contributed by atoms with Crippen LogP contribution in [-0.2, 0) is 6.42 Å². The molecule has 0 radical (unpaired) electrons. The first-order valence-electron chi connectivity index (χ1n) is 6.37. The zero-order valence-corrected chi connectivity index (χ0v) is 10.4. The third kappa shape index (κ3) is 2.78. The topological polar surface area (TPSA) is 23.5 Å². The van der Waals surface area contributed by atoms with Crippen molar-refractivity contribution in [3.8, 4) is 0 Å². The Morgan fingerprint density at radius 1 is 1.35 bits per heavy atom. The van der Waals surface area contributed by atoms with Gasteiger partial charge in [-0.05, 0) is 49.8 Å². The lowest BCUT2D eigenvalue weighted by molar-refractivity contribution is 0.285. The van der Waals surface area contributed by atoms with Crippen molar-refractivity contribution in [2.75, 3.05) is 24.6 Å². The molecule has 0 amide bonds. The minimum atomic E-state index is -0.0938. The number of aliphatic hydroxyl groups is 1. The van der Waals surface area contributed by atoms with Gasteiger partial charge in [0.2, 0.25) is 0 Å². The van der Waals surface area contributed by atoms with Gasteiger partial charge in [-0.3, -0.25) is 0 Å². The first kappa shape index (κ1) is 12.4. The van der Waals surface area contributed by atoms with E-state index in [-0.39, 0.29) is 12.4 Å². The second-order valence-corrected chi connectivity index (χ2v) is 4.78. The van der Waals surface area contributed by atoms with Crippen LogP contribution >= 0.6 is 0 Å². The molecule has 2 rings (SSSR count). The number of rotatable bonds is 4. The van der Waals surface area contributed by atoms with Gasteiger partial charge < -0.3 is 10.0 Å². The number of nitrogens with zero attached hydrogens (tertiary/aromatic N) is 1. The summed E-state index contributed by atoms with van der Waals surface area (Å²) in [6.07, 6.45) is 3.78. The van der Waals surface area contributed by atoms with E-state index in [9.17, 15) is 4.39 Å². The molecule has 0 aromatic heterocycles. The zero-order chi connectivity index (χ0) is 12.3. The Morgan fingerprint density at radius 3 is 2.94 bits per heavy atom. The van der Waals surface area contributed by atoms with Crippen molar-refractivity contribution in [2.45, 2.75) is 32.6 Å². The first-order chi connectivity index (χ1) is 8.22. The molecule has 1 aromatic rings. The van der Waals surface area contributed by atoms with Gasteiger partial charge in [0, 0.05) is 19.7 Å². The molecule has 17 heavy (non-hydrogen) atoms. The molecular formula is C14H20FNO. The lowest BCUT2D eigenvalue weighted by Gasteiger charge is -2.32. The lowest BCUT2D eigenvalue weighted by Crippen LogP contribution is -2.31. The quantitative estimate of drug-likeness (QED) is 0.814. The number of aryl methyl sites for hydroxylation is 2. The van der Waals surface area contributed by atoms with Crippen LogP contribution in [0.4, 0.5) is 10.1 Å². The summed E-state index contributed by atoms with van der Waals surface area (Å²) in [4.78, 5) is 2.13. The lowest BCUT2D eigenvalue weighted by atomic mass is 9.99. The van der Waals surface area contributed by atoms with Crippen LogP contribution in [0.3, 0.4) is 0 Å². The molecular weight excluding hydrogens is 217 g/mol. The van der Waals surface area contributed by atoms with Gasteiger partial charge in [-0.1, -0.05) is 6.07 Å². The van der Waals surface area contributed by atoms with E-state index in [1.165, 1.54) is 0 Å². The van der Waals surface area contributed by atoms with Crippen LogP contribution in [0, 0.1) is 12.7 Å². The summed E-state index contributed by atoms with van der Waals surface area (Å²) in [5.41, 5.74) is 2.93. The highest BCUT2D eigenvalue weighted by molar-refractivity contribution is 5.57. The summed E-state index contributed by atoms with van der Waals surface area (Å²) in [6.45, 7) is 3.93. The van der Waals surface area contributed by atoms with Crippen molar-refractivity contribution < 1.29 is 9.50 Å². The number of unbranched alkanes of at least 4 members (excludes halogenated alkanes) is 1. The summed E-state index contributed by atoms with van der Waals surface area (Å²) in [7, 11) is 0. The van der Waals surface area contributed by atoms with Crippen LogP contribution in [0.2, 0.25) is 0 Å². The van der Waals surface area contributed by atoms with Crippen LogP contribution < -0.4 is 4.90 Å². The Kier molecular flexibility index (Phi) is 4.00. The van der Waals surface area contributed by atoms with Gasteiger partial charge in [0.15, 0.2) is 0 Å². The molecule has 0 saturated carbocycles. The maximum atomic E-state index is 14.0. The molecule has 0 atom stereocenters. The second kappa shape index (κ2) is 5.50. The molecule has 0 spiro atoms. The molecule has 0 aliphatic carbocycles. The van der Waals surface area contributed by atoms with Gasteiger partial charge in [-0.15, -0.1) is 0 Å². The monoisotopic (exact) mass is 237 g/mol. The van der Waals surface area contributed by atoms with Crippen LogP contribution in [0.25, 0.3) is 0 Å². The predicted molar refractivity (Wildman–Crippen MR) is 68.0 cm³/mol. The Labute approximate surface area is 102 Å². The SMILES string of the molecule is Cc1cc(F)c2c(c1)CCCN2CCCCO. The predicted octanol–water partition coefficient (Wildman–Crippen LogP) is 2.66. The number of benzene rings is 1. The molecule has 0 fully saturated rings. The smallest absolute Gasteiger partial charge is 0.147 e. The minimum Gasteiger partial charge on any atom is -0.396 e. The van der Waals surface area contributed by atoms with E-state index in [1.54, 1.807) is 6.07 Å². The first-order valence-corrected chi connectivity index (χ1v) is 6.37. The molecule has 0 bridgehead atoms. The number of halogens is 1. The number of aliphatic hydroxyl groups excluding tert-OH is 1. The Balaban J connectivity index is 2.18. The summed E-state index contributed by atoms with van der Waals surface area (Å²) < 4.78 is 14.0. The number of fused-ring (bicyclic) bond motifs is 1. The highest BCUT2D eigenvalue weighted by Crippen LogP contribution is 2.31. The Hall–Kier alpha value is -1.09. The van der Waals surface area contributed by atoms with Gasteiger partial charge in [0.05, 0.1) is 5.69 Å². The highest BCUT2D eigenvalue weighted by atomic mass is 19.1. The van der Waals surface area contributed by atoms with Crippen LogP contribution in [0.15, 0.2) is 12.1 Å². The van der Waals surface area contributed by atoms with Gasteiger partial charge in [0.1, 0.15) is 5.82 Å². The third-order valence-corrected chi connectivity index (χ3v) is 3.31. The van der Waals surface area contributed by atoms with E-state index in [1.807, 2.05) is 6.92 Å². The van der Waals surface area contributed by atoms with Crippen LogP contribution in [0.1, 0.15) is 30.4 Å². The van der Waals surface area contributed by atoms with Crippen molar-refractivity contribution >= 4 is 5.69 Å². The third-order valence-electron chi connectivity index (χ3n) is 3.31. The summed E-state index contributed by atoms with van der Waals surface area (Å²) in [5.74, 6) is -0.0938. The number of anilines is 1. The molecule has 1 aliphatic heterocycles. The largest absolute Gasteiger partial charge is 0.396 e. The molecule has 1 aromatic carbocycles. The highest BCUT2D eigenvalue weighted by Gasteiger charge is 2.20. The van der Waals surface area contributed by atoms with Crippen molar-refractivity contribution in [3.05, 3.63) is 29.1 Å². The van der Waals surface area contributed by atoms with Crippen molar-refractivity contribution in [2.24, 2.45) is 0 Å². The second-order valence-electron chi connectivity index (χ2n) is 4.78. The molecule has 94 valence electrons. The fourth-order valence-corrected chi connectivity index (χ4v) is 2.56. The molecule has 0 unspecified atom stereocenters. The maximum absolute atomic E-state index is 14.0. The van der Waals surface area contributed by atoms with Gasteiger partial charge in [0.25, 0.3) is 0 Å².